The number of nitrogens with one attached hydrogen (secondary N) is 3. The van der Waals surface area contributed by atoms with E-state index in [0.29, 0.717) is 31.4 Å². The Morgan fingerprint density at radius 1 is 1.00 bits per heavy atom. The van der Waals surface area contributed by atoms with Crippen LogP contribution in [0.1, 0.15) is 90.1 Å². The predicted molar refractivity (Wildman–Crippen MR) is 160 cm³/mol. The Morgan fingerprint density at radius 2 is 1.69 bits per heavy atom. The van der Waals surface area contributed by atoms with Crippen LogP contribution in [0, 0.1) is 11.8 Å². The summed E-state index contributed by atoms with van der Waals surface area (Å²) < 4.78 is 0. The summed E-state index contributed by atoms with van der Waals surface area (Å²) in [5.41, 5.74) is 7.45. The van der Waals surface area contributed by atoms with E-state index in [1.807, 2.05) is 39.8 Å². The van der Waals surface area contributed by atoms with Crippen molar-refractivity contribution in [2.45, 2.75) is 98.1 Å². The Hall–Kier alpha value is -3.95. The molecule has 1 fully saturated rings. The third-order valence-electron chi connectivity index (χ3n) is 9.06. The van der Waals surface area contributed by atoms with E-state index in [0.717, 1.165) is 57.8 Å². The van der Waals surface area contributed by atoms with Crippen molar-refractivity contribution in [2.24, 2.45) is 16.8 Å². The topological polar surface area (TPSA) is 161 Å². The van der Waals surface area contributed by atoms with Crippen molar-refractivity contribution >= 4 is 35.5 Å². The molecule has 0 bridgehead atoms. The molecule has 1 aromatic rings. The molecular weight excluding hydrogens is 536 g/mol. The standard InChI is InChI=1S/C32H42N4O6/c1-6-21-18(5)31(41)36-27(21)14-25-17(4)23(9-11-30(39)40)28(34-25)15-26-19(8-10-29(37)38)12-20(33-26)13-24-16(3)22(7-2)32(42)35-24/h12,15-16,22,24,27,33H,6-11,13-14H2,1-5H3,(H,35,42)(H,36,41)(H,37,38)(H,39,40)/b28-15-/t16?,22?,24-,27+/m1/s1. The summed E-state index contributed by atoms with van der Waals surface area (Å²) in [6, 6.07) is 1.79. The second-order valence-corrected chi connectivity index (χ2v) is 11.6. The van der Waals surface area contributed by atoms with Crippen LogP contribution in [-0.2, 0) is 32.0 Å². The van der Waals surface area contributed by atoms with E-state index in [1.54, 1.807) is 0 Å². The van der Waals surface area contributed by atoms with Gasteiger partial charge in [-0.1, -0.05) is 20.8 Å². The van der Waals surface area contributed by atoms with Gasteiger partial charge in [-0.15, -0.1) is 0 Å². The number of allylic oxidation sites excluding steroid dienone is 2. The van der Waals surface area contributed by atoms with Gasteiger partial charge in [0.1, 0.15) is 0 Å². The van der Waals surface area contributed by atoms with Gasteiger partial charge in [0.25, 0.3) is 0 Å². The maximum absolute atomic E-state index is 12.4. The van der Waals surface area contributed by atoms with Crippen molar-refractivity contribution in [3.05, 3.63) is 51.0 Å². The van der Waals surface area contributed by atoms with Gasteiger partial charge in [-0.2, -0.15) is 0 Å². The first kappa shape index (κ1) is 31.0. The van der Waals surface area contributed by atoms with Crippen molar-refractivity contribution < 1.29 is 29.4 Å². The van der Waals surface area contributed by atoms with Gasteiger partial charge in [0, 0.05) is 60.3 Å². The largest absolute Gasteiger partial charge is 0.481 e. The van der Waals surface area contributed by atoms with Crippen molar-refractivity contribution in [3.8, 4) is 0 Å². The number of aliphatic carboxylic acids is 2. The van der Waals surface area contributed by atoms with Gasteiger partial charge in [-0.05, 0) is 79.9 Å². The van der Waals surface area contributed by atoms with Crippen LogP contribution in [0.4, 0.5) is 0 Å². The SMILES string of the molecule is CCC1=C(C)C(=O)N[C@H]1CC1=N/C(=C\c2[nH]c(C[C@H]3NC(=O)C(CC)C3C)cc2CCC(=O)O)C(CCC(=O)O)=C1C. The van der Waals surface area contributed by atoms with Crippen LogP contribution in [0.3, 0.4) is 0 Å². The Kier molecular flexibility index (Phi) is 9.53. The number of aryl methyl sites for hydroxylation is 1. The summed E-state index contributed by atoms with van der Waals surface area (Å²) in [6.07, 6.45) is 5.04. The maximum atomic E-state index is 12.4. The van der Waals surface area contributed by atoms with Crippen LogP contribution in [0.5, 0.6) is 0 Å². The minimum absolute atomic E-state index is 0.0225. The number of carbonyl (C=O) groups excluding carboxylic acids is 2. The molecule has 4 atom stereocenters. The van der Waals surface area contributed by atoms with Crippen LogP contribution in [0.25, 0.3) is 6.08 Å². The number of hydrogen-bond acceptors (Lipinski definition) is 5. The lowest BCUT2D eigenvalue weighted by atomic mass is 9.88. The lowest BCUT2D eigenvalue weighted by Gasteiger charge is -2.16. The van der Waals surface area contributed by atoms with Crippen LogP contribution in [-0.4, -0.2) is 56.7 Å². The summed E-state index contributed by atoms with van der Waals surface area (Å²) >= 11 is 0. The highest BCUT2D eigenvalue weighted by molar-refractivity contribution is 6.07. The summed E-state index contributed by atoms with van der Waals surface area (Å²) in [7, 11) is 0. The molecule has 1 saturated heterocycles. The zero-order valence-corrected chi connectivity index (χ0v) is 25.1. The number of H-pyrrole nitrogens is 1. The van der Waals surface area contributed by atoms with E-state index in [9.17, 15) is 29.4 Å². The van der Waals surface area contributed by atoms with Crippen LogP contribution >= 0.6 is 0 Å². The summed E-state index contributed by atoms with van der Waals surface area (Å²) in [4.78, 5) is 56.0. The first-order valence-electron chi connectivity index (χ1n) is 14.9. The number of carbonyl (C=O) groups is 4. The van der Waals surface area contributed by atoms with Crippen molar-refractivity contribution in [1.82, 2.24) is 15.6 Å². The quantitative estimate of drug-likeness (QED) is 0.234. The third-order valence-corrected chi connectivity index (χ3v) is 9.06. The fraction of sp³-hybridized carbons (Fsp3) is 0.531. The van der Waals surface area contributed by atoms with Gasteiger partial charge in [-0.3, -0.25) is 24.2 Å². The summed E-state index contributed by atoms with van der Waals surface area (Å²) in [6.45, 7) is 9.89. The number of rotatable bonds is 13. The monoisotopic (exact) mass is 578 g/mol. The minimum atomic E-state index is -0.902. The van der Waals surface area contributed by atoms with E-state index in [-0.39, 0.29) is 48.6 Å². The molecule has 10 heteroatoms. The lowest BCUT2D eigenvalue weighted by Crippen LogP contribution is -2.31. The van der Waals surface area contributed by atoms with E-state index in [1.165, 1.54) is 0 Å². The Morgan fingerprint density at radius 3 is 2.31 bits per heavy atom. The van der Waals surface area contributed by atoms with Crippen molar-refractivity contribution in [3.63, 3.8) is 0 Å². The molecule has 5 N–H and O–H groups in total. The van der Waals surface area contributed by atoms with Crippen LogP contribution in [0.2, 0.25) is 0 Å². The number of carboxylic acid groups (broad SMARTS) is 2. The Balaban J connectivity index is 1.68. The summed E-state index contributed by atoms with van der Waals surface area (Å²) in [5.74, 6) is -1.65. The molecule has 1 aromatic heterocycles. The molecule has 0 radical (unpaired) electrons. The maximum Gasteiger partial charge on any atom is 0.303 e. The molecule has 0 saturated carbocycles. The molecular formula is C32H42N4O6. The molecule has 0 spiro atoms. The number of hydrogen-bond donors (Lipinski definition) is 5. The molecule has 226 valence electrons. The molecule has 3 aliphatic heterocycles. The average molecular weight is 579 g/mol. The molecule has 0 aromatic carbocycles. The molecule has 2 unspecified atom stereocenters. The van der Waals surface area contributed by atoms with Gasteiger partial charge in [0.15, 0.2) is 0 Å². The van der Waals surface area contributed by atoms with E-state index in [2.05, 4.69) is 22.5 Å². The van der Waals surface area contributed by atoms with E-state index in [4.69, 9.17) is 4.99 Å². The number of aromatic amines is 1. The Bertz CT molecular complexity index is 1410. The normalized spacial score (nSPS) is 25.0. The zero-order chi connectivity index (χ0) is 30.7. The van der Waals surface area contributed by atoms with Crippen molar-refractivity contribution in [2.75, 3.05) is 0 Å². The highest BCUT2D eigenvalue weighted by Gasteiger charge is 2.38. The molecule has 42 heavy (non-hydrogen) atoms. The molecule has 10 nitrogen and oxygen atoms in total. The highest BCUT2D eigenvalue weighted by Crippen LogP contribution is 2.35. The number of carboxylic acids is 2. The number of aliphatic imine (C=N–C) groups is 1. The Labute approximate surface area is 246 Å². The van der Waals surface area contributed by atoms with Gasteiger partial charge in [0.2, 0.25) is 11.8 Å². The molecule has 4 rings (SSSR count). The van der Waals surface area contributed by atoms with Crippen LogP contribution in [0.15, 0.2) is 39.0 Å². The second kappa shape index (κ2) is 12.9. The third kappa shape index (κ3) is 6.58. The number of amides is 2. The predicted octanol–water partition coefficient (Wildman–Crippen LogP) is 4.33. The first-order valence-corrected chi connectivity index (χ1v) is 14.9. The lowest BCUT2D eigenvalue weighted by molar-refractivity contribution is -0.138. The van der Waals surface area contributed by atoms with Crippen LogP contribution < -0.4 is 10.6 Å². The fourth-order valence-corrected chi connectivity index (χ4v) is 6.54. The molecule has 3 aliphatic rings. The van der Waals surface area contributed by atoms with E-state index >= 15 is 0 Å². The van der Waals surface area contributed by atoms with E-state index < -0.39 is 11.9 Å². The fourth-order valence-electron chi connectivity index (χ4n) is 6.54. The number of aromatic nitrogens is 1. The van der Waals surface area contributed by atoms with Gasteiger partial charge in [0.05, 0.1) is 11.7 Å². The highest BCUT2D eigenvalue weighted by atomic mass is 16.4. The smallest absolute Gasteiger partial charge is 0.303 e. The van der Waals surface area contributed by atoms with Gasteiger partial charge < -0.3 is 25.8 Å². The van der Waals surface area contributed by atoms with Crippen molar-refractivity contribution in [1.29, 1.82) is 0 Å². The molecule has 2 amide bonds. The average Bonchev–Trinajstić information content (AvgIpc) is 3.61. The van der Waals surface area contributed by atoms with Gasteiger partial charge in [-0.25, -0.2) is 0 Å². The second-order valence-electron chi connectivity index (χ2n) is 11.6. The zero-order valence-electron chi connectivity index (χ0n) is 25.1. The molecule has 4 heterocycles. The summed E-state index contributed by atoms with van der Waals surface area (Å²) in [5, 5.41) is 24.9. The molecule has 0 aliphatic carbocycles. The van der Waals surface area contributed by atoms with Gasteiger partial charge >= 0.3 is 11.9 Å². The first-order chi connectivity index (χ1) is 19.9. The minimum Gasteiger partial charge on any atom is -0.481 e. The number of nitrogens with zero attached hydrogens (tertiary/aromatic N) is 1.